The molecule has 0 unspecified atom stereocenters. The van der Waals surface area contributed by atoms with Crippen molar-refractivity contribution in [2.24, 2.45) is 0 Å². The molecule has 0 aliphatic rings. The van der Waals surface area contributed by atoms with Crippen LogP contribution in [0.1, 0.15) is 11.1 Å². The number of aromatic nitrogens is 2. The predicted molar refractivity (Wildman–Crippen MR) is 143 cm³/mol. The van der Waals surface area contributed by atoms with E-state index in [1.165, 1.54) is 0 Å². The molecule has 4 aromatic carbocycles. The van der Waals surface area contributed by atoms with E-state index in [1.807, 2.05) is 66.7 Å². The Bertz CT molecular complexity index is 1380. The van der Waals surface area contributed by atoms with Gasteiger partial charge in [-0.3, -0.25) is 0 Å². The number of benzene rings is 4. The number of hydrogen-bond donors (Lipinski definition) is 1. The number of rotatable bonds is 3. The van der Waals surface area contributed by atoms with E-state index in [4.69, 9.17) is 4.98 Å². The minimum absolute atomic E-state index is 0.827. The zero-order valence-electron chi connectivity index (χ0n) is 17.5. The van der Waals surface area contributed by atoms with Crippen molar-refractivity contribution >= 4 is 31.9 Å². The van der Waals surface area contributed by atoms with Crippen LogP contribution in [0.3, 0.4) is 0 Å². The summed E-state index contributed by atoms with van der Waals surface area (Å²) in [7, 11) is 0. The SMILES string of the molecule is Brc1ccc(-c2nc(-c3ccc(C#Cc4ccccc4)cc3)[nH]c2-c2ccc(Br)cc2)cc1. The maximum atomic E-state index is 4.98. The Morgan fingerprint density at radius 1 is 0.545 bits per heavy atom. The van der Waals surface area contributed by atoms with Crippen LogP contribution >= 0.6 is 31.9 Å². The molecule has 0 amide bonds. The third-order valence-corrected chi connectivity index (χ3v) is 6.29. The summed E-state index contributed by atoms with van der Waals surface area (Å²) in [5.41, 5.74) is 7.05. The van der Waals surface area contributed by atoms with Crippen molar-refractivity contribution in [2.75, 3.05) is 0 Å². The van der Waals surface area contributed by atoms with E-state index in [2.05, 4.69) is 85.1 Å². The predicted octanol–water partition coefficient (Wildman–Crippen LogP) is 8.34. The van der Waals surface area contributed by atoms with Gasteiger partial charge in [0.25, 0.3) is 0 Å². The second-order valence-electron chi connectivity index (χ2n) is 7.52. The van der Waals surface area contributed by atoms with Gasteiger partial charge in [0.05, 0.1) is 11.4 Å². The first kappa shape index (κ1) is 21.5. The highest BCUT2D eigenvalue weighted by molar-refractivity contribution is 9.10. The summed E-state index contributed by atoms with van der Waals surface area (Å²) in [4.78, 5) is 8.53. The molecule has 33 heavy (non-hydrogen) atoms. The summed E-state index contributed by atoms with van der Waals surface area (Å²) < 4.78 is 2.09. The number of imidazole rings is 1. The molecule has 4 heteroatoms. The quantitative estimate of drug-likeness (QED) is 0.223. The number of H-pyrrole nitrogens is 1. The lowest BCUT2D eigenvalue weighted by Gasteiger charge is -2.04. The standard InChI is InChI=1S/C29H18Br2N2/c30-25-16-12-22(13-17-25)27-28(23-14-18-26(31)19-15-23)33-29(32-27)24-10-8-21(9-11-24)7-6-20-4-2-1-3-5-20/h1-5,8-19H,(H,32,33). The molecule has 1 heterocycles. The van der Waals surface area contributed by atoms with Gasteiger partial charge >= 0.3 is 0 Å². The topological polar surface area (TPSA) is 28.7 Å². The molecule has 158 valence electrons. The third-order valence-electron chi connectivity index (χ3n) is 5.24. The van der Waals surface area contributed by atoms with Gasteiger partial charge in [0.2, 0.25) is 0 Å². The van der Waals surface area contributed by atoms with E-state index >= 15 is 0 Å². The third kappa shape index (κ3) is 5.01. The Morgan fingerprint density at radius 2 is 1.06 bits per heavy atom. The Balaban J connectivity index is 1.52. The minimum atomic E-state index is 0.827. The molecular formula is C29H18Br2N2. The highest BCUT2D eigenvalue weighted by atomic mass is 79.9. The molecule has 0 fully saturated rings. The molecule has 1 aromatic heterocycles. The van der Waals surface area contributed by atoms with Gasteiger partial charge < -0.3 is 4.98 Å². The molecule has 0 spiro atoms. The molecule has 0 bridgehead atoms. The molecule has 0 saturated carbocycles. The Morgan fingerprint density at radius 3 is 1.67 bits per heavy atom. The highest BCUT2D eigenvalue weighted by Crippen LogP contribution is 2.34. The van der Waals surface area contributed by atoms with Crippen molar-refractivity contribution in [3.63, 3.8) is 0 Å². The zero-order valence-corrected chi connectivity index (χ0v) is 20.7. The lowest BCUT2D eigenvalue weighted by atomic mass is 10.1. The second kappa shape index (κ2) is 9.62. The maximum Gasteiger partial charge on any atom is 0.138 e. The van der Waals surface area contributed by atoms with E-state index < -0.39 is 0 Å². The molecule has 0 atom stereocenters. The Labute approximate surface area is 210 Å². The van der Waals surface area contributed by atoms with Crippen LogP contribution in [0.5, 0.6) is 0 Å². The first-order chi connectivity index (χ1) is 16.2. The summed E-state index contributed by atoms with van der Waals surface area (Å²) in [6.07, 6.45) is 0. The first-order valence-corrected chi connectivity index (χ1v) is 12.0. The number of nitrogens with one attached hydrogen (secondary N) is 1. The molecule has 2 nitrogen and oxygen atoms in total. The van der Waals surface area contributed by atoms with Gasteiger partial charge in [-0.15, -0.1) is 0 Å². The Hall–Kier alpha value is -3.39. The summed E-state index contributed by atoms with van der Waals surface area (Å²) >= 11 is 7.04. The number of nitrogens with zero attached hydrogens (tertiary/aromatic N) is 1. The largest absolute Gasteiger partial charge is 0.337 e. The van der Waals surface area contributed by atoms with Crippen LogP contribution in [-0.4, -0.2) is 9.97 Å². The lowest BCUT2D eigenvalue weighted by molar-refractivity contribution is 1.31. The molecule has 1 N–H and O–H groups in total. The molecule has 5 aromatic rings. The summed E-state index contributed by atoms with van der Waals surface area (Å²) in [6.45, 7) is 0. The monoisotopic (exact) mass is 552 g/mol. The lowest BCUT2D eigenvalue weighted by Crippen LogP contribution is -1.83. The van der Waals surface area contributed by atoms with E-state index in [1.54, 1.807) is 0 Å². The first-order valence-electron chi connectivity index (χ1n) is 10.4. The van der Waals surface area contributed by atoms with Crippen molar-refractivity contribution in [1.82, 2.24) is 9.97 Å². The number of aromatic amines is 1. The maximum absolute atomic E-state index is 4.98. The van der Waals surface area contributed by atoms with E-state index in [0.717, 1.165) is 54.0 Å². The van der Waals surface area contributed by atoms with Gasteiger partial charge in [-0.1, -0.05) is 98.3 Å². The number of halogens is 2. The average molecular weight is 554 g/mol. The minimum Gasteiger partial charge on any atom is -0.337 e. The van der Waals surface area contributed by atoms with E-state index in [-0.39, 0.29) is 0 Å². The fourth-order valence-electron chi connectivity index (χ4n) is 3.53. The van der Waals surface area contributed by atoms with Crippen molar-refractivity contribution in [3.8, 4) is 45.7 Å². The van der Waals surface area contributed by atoms with E-state index in [0.29, 0.717) is 0 Å². The van der Waals surface area contributed by atoms with Crippen LogP contribution in [-0.2, 0) is 0 Å². The van der Waals surface area contributed by atoms with Crippen molar-refractivity contribution in [1.29, 1.82) is 0 Å². The van der Waals surface area contributed by atoms with Crippen LogP contribution in [0.15, 0.2) is 112 Å². The van der Waals surface area contributed by atoms with Gasteiger partial charge in [0.15, 0.2) is 0 Å². The highest BCUT2D eigenvalue weighted by Gasteiger charge is 2.15. The second-order valence-corrected chi connectivity index (χ2v) is 9.35. The van der Waals surface area contributed by atoms with Crippen molar-refractivity contribution in [3.05, 3.63) is 123 Å². The average Bonchev–Trinajstić information content (AvgIpc) is 3.30. The summed E-state index contributed by atoms with van der Waals surface area (Å²) in [5, 5.41) is 0. The van der Waals surface area contributed by atoms with Crippen molar-refractivity contribution in [2.45, 2.75) is 0 Å². The van der Waals surface area contributed by atoms with Crippen LogP contribution in [0.4, 0.5) is 0 Å². The zero-order chi connectivity index (χ0) is 22.6. The van der Waals surface area contributed by atoms with Crippen LogP contribution in [0.2, 0.25) is 0 Å². The van der Waals surface area contributed by atoms with Crippen LogP contribution in [0.25, 0.3) is 33.9 Å². The summed E-state index contributed by atoms with van der Waals surface area (Å²) in [6, 6.07) is 34.7. The molecule has 0 saturated heterocycles. The summed E-state index contributed by atoms with van der Waals surface area (Å²) in [5.74, 6) is 7.26. The molecule has 0 aliphatic heterocycles. The van der Waals surface area contributed by atoms with Gasteiger partial charge in [-0.25, -0.2) is 4.98 Å². The number of hydrogen-bond acceptors (Lipinski definition) is 1. The normalized spacial score (nSPS) is 10.5. The molecule has 0 radical (unpaired) electrons. The van der Waals surface area contributed by atoms with Gasteiger partial charge in [0, 0.05) is 36.8 Å². The molecular weight excluding hydrogens is 536 g/mol. The van der Waals surface area contributed by atoms with Gasteiger partial charge in [0.1, 0.15) is 5.82 Å². The van der Waals surface area contributed by atoms with Crippen molar-refractivity contribution < 1.29 is 0 Å². The molecule has 5 rings (SSSR count). The van der Waals surface area contributed by atoms with Crippen LogP contribution < -0.4 is 0 Å². The van der Waals surface area contributed by atoms with E-state index in [9.17, 15) is 0 Å². The molecule has 0 aliphatic carbocycles. The van der Waals surface area contributed by atoms with Gasteiger partial charge in [-0.2, -0.15) is 0 Å². The van der Waals surface area contributed by atoms with Gasteiger partial charge in [-0.05, 0) is 48.5 Å². The van der Waals surface area contributed by atoms with Crippen LogP contribution in [0, 0.1) is 11.8 Å². The fourth-order valence-corrected chi connectivity index (χ4v) is 4.06. The smallest absolute Gasteiger partial charge is 0.138 e. The Kier molecular flexibility index (Phi) is 6.26. The fraction of sp³-hybridized carbons (Fsp3) is 0.